The molecule has 1 N–H and O–H groups in total. The number of hydrogen-bond acceptors (Lipinski definition) is 2. The van der Waals surface area contributed by atoms with E-state index in [0.29, 0.717) is 6.04 Å². The van der Waals surface area contributed by atoms with Crippen molar-refractivity contribution in [3.8, 4) is 0 Å². The summed E-state index contributed by atoms with van der Waals surface area (Å²) in [7, 11) is 2.00. The number of rotatable bonds is 5. The summed E-state index contributed by atoms with van der Waals surface area (Å²) in [6, 6.07) is 0.469. The number of imidazole rings is 1. The lowest BCUT2D eigenvalue weighted by molar-refractivity contribution is 0.446. The maximum absolute atomic E-state index is 5.50. The highest BCUT2D eigenvalue weighted by Crippen LogP contribution is 2.26. The van der Waals surface area contributed by atoms with Crippen molar-refractivity contribution in [1.29, 1.82) is 0 Å². The topological polar surface area (TPSA) is 38.5 Å². The van der Waals surface area contributed by atoms with E-state index in [-0.39, 0.29) is 0 Å². The summed E-state index contributed by atoms with van der Waals surface area (Å²) in [5, 5.41) is 4.57. The van der Waals surface area contributed by atoms with Gasteiger partial charge in [-0.2, -0.15) is 5.10 Å². The lowest BCUT2D eigenvalue weighted by Gasteiger charge is -2.16. The largest absolute Gasteiger partial charge is 0.328 e. The van der Waals surface area contributed by atoms with Crippen LogP contribution in [0.3, 0.4) is 0 Å². The minimum Gasteiger partial charge on any atom is -0.328 e. The van der Waals surface area contributed by atoms with E-state index in [2.05, 4.69) is 35.4 Å². The van der Waals surface area contributed by atoms with Crippen LogP contribution in [0.5, 0.6) is 0 Å². The lowest BCUT2D eigenvalue weighted by atomic mass is 10.1. The van der Waals surface area contributed by atoms with Gasteiger partial charge in [-0.25, -0.2) is 0 Å². The highest BCUT2D eigenvalue weighted by molar-refractivity contribution is 7.71. The monoisotopic (exact) mass is 266 g/mol. The first kappa shape index (κ1) is 13.3. The van der Waals surface area contributed by atoms with Crippen molar-refractivity contribution >= 4 is 23.4 Å². The molecular weight excluding hydrogens is 244 g/mol. The van der Waals surface area contributed by atoms with Crippen LogP contribution >= 0.6 is 12.2 Å². The maximum atomic E-state index is 5.50. The van der Waals surface area contributed by atoms with Gasteiger partial charge in [0.25, 0.3) is 0 Å². The summed E-state index contributed by atoms with van der Waals surface area (Å²) in [6.07, 6.45) is 4.36. The van der Waals surface area contributed by atoms with Gasteiger partial charge < -0.3 is 4.98 Å². The molecule has 18 heavy (non-hydrogen) atoms. The number of H-pyrrole nitrogens is 1. The predicted octanol–water partition coefficient (Wildman–Crippen LogP) is 3.75. The van der Waals surface area contributed by atoms with E-state index >= 15 is 0 Å². The standard InChI is InChI=1S/C13H22N4S/c1-5-8-9(6-2)17-12-11(14-13(17)18)10(7-3)15-16(12)4/h9H,5-8H2,1-4H3,(H,14,18). The molecule has 0 aromatic carbocycles. The second kappa shape index (κ2) is 5.26. The Bertz CT molecular complexity index is 590. The van der Waals surface area contributed by atoms with Crippen LogP contribution in [-0.2, 0) is 13.5 Å². The van der Waals surface area contributed by atoms with Gasteiger partial charge >= 0.3 is 0 Å². The molecule has 0 saturated carbocycles. The van der Waals surface area contributed by atoms with Crippen LogP contribution in [0, 0.1) is 4.77 Å². The van der Waals surface area contributed by atoms with Crippen molar-refractivity contribution < 1.29 is 0 Å². The van der Waals surface area contributed by atoms with Crippen molar-refractivity contribution in [3.05, 3.63) is 10.5 Å². The molecule has 1 unspecified atom stereocenters. The Balaban J connectivity index is 2.66. The van der Waals surface area contributed by atoms with Gasteiger partial charge in [0.05, 0.1) is 5.69 Å². The van der Waals surface area contributed by atoms with E-state index in [4.69, 9.17) is 12.2 Å². The molecule has 100 valence electrons. The molecule has 5 heteroatoms. The highest BCUT2D eigenvalue weighted by atomic mass is 32.1. The summed E-state index contributed by atoms with van der Waals surface area (Å²) >= 11 is 5.50. The predicted molar refractivity (Wildman–Crippen MR) is 77.5 cm³/mol. The van der Waals surface area contributed by atoms with Gasteiger partial charge in [-0.15, -0.1) is 0 Å². The summed E-state index contributed by atoms with van der Waals surface area (Å²) in [4.78, 5) is 3.34. The van der Waals surface area contributed by atoms with E-state index < -0.39 is 0 Å². The second-order valence-corrected chi connectivity index (χ2v) is 5.16. The van der Waals surface area contributed by atoms with E-state index in [1.165, 1.54) is 6.42 Å². The molecule has 0 aliphatic heterocycles. The van der Waals surface area contributed by atoms with Crippen molar-refractivity contribution in [2.24, 2.45) is 7.05 Å². The van der Waals surface area contributed by atoms with Gasteiger partial charge in [-0.05, 0) is 31.5 Å². The molecule has 2 aromatic rings. The normalized spacial score (nSPS) is 13.3. The molecular formula is C13H22N4S. The first-order chi connectivity index (χ1) is 8.63. The number of aryl methyl sites for hydroxylation is 2. The Morgan fingerprint density at radius 2 is 2.06 bits per heavy atom. The zero-order valence-electron chi connectivity index (χ0n) is 11.7. The van der Waals surface area contributed by atoms with Crippen LogP contribution in [0.2, 0.25) is 0 Å². The maximum Gasteiger partial charge on any atom is 0.179 e. The van der Waals surface area contributed by atoms with Gasteiger partial charge in [0.2, 0.25) is 0 Å². The molecule has 0 aliphatic rings. The summed E-state index contributed by atoms with van der Waals surface area (Å²) < 4.78 is 5.03. The van der Waals surface area contributed by atoms with Crippen LogP contribution in [0.25, 0.3) is 11.2 Å². The molecule has 0 amide bonds. The first-order valence-electron chi connectivity index (χ1n) is 6.80. The molecule has 4 nitrogen and oxygen atoms in total. The molecule has 0 fully saturated rings. The third-order valence-corrected chi connectivity index (χ3v) is 3.86. The van der Waals surface area contributed by atoms with Crippen LogP contribution in [-0.4, -0.2) is 19.3 Å². The zero-order valence-corrected chi connectivity index (χ0v) is 12.5. The van der Waals surface area contributed by atoms with Crippen LogP contribution in [0.1, 0.15) is 51.8 Å². The van der Waals surface area contributed by atoms with E-state index in [9.17, 15) is 0 Å². The summed E-state index contributed by atoms with van der Waals surface area (Å²) in [5.74, 6) is 0. The van der Waals surface area contributed by atoms with Gasteiger partial charge in [0.1, 0.15) is 5.52 Å². The van der Waals surface area contributed by atoms with E-state index in [1.807, 2.05) is 11.7 Å². The number of nitrogens with one attached hydrogen (secondary N) is 1. The number of fused-ring (bicyclic) bond motifs is 1. The van der Waals surface area contributed by atoms with Gasteiger partial charge in [0.15, 0.2) is 10.4 Å². The fourth-order valence-electron chi connectivity index (χ4n) is 2.67. The third kappa shape index (κ3) is 2.00. The smallest absolute Gasteiger partial charge is 0.179 e. The van der Waals surface area contributed by atoms with Crippen molar-refractivity contribution in [2.45, 2.75) is 52.5 Å². The zero-order chi connectivity index (χ0) is 13.3. The fraction of sp³-hybridized carbons (Fsp3) is 0.692. The lowest BCUT2D eigenvalue weighted by Crippen LogP contribution is -2.10. The van der Waals surface area contributed by atoms with Crippen LogP contribution in [0.4, 0.5) is 0 Å². The van der Waals surface area contributed by atoms with Crippen LogP contribution < -0.4 is 0 Å². The number of nitrogens with zero attached hydrogens (tertiary/aromatic N) is 3. The number of hydrogen-bond donors (Lipinski definition) is 1. The van der Waals surface area contributed by atoms with Crippen molar-refractivity contribution in [2.75, 3.05) is 0 Å². The Kier molecular flexibility index (Phi) is 3.90. The fourth-order valence-corrected chi connectivity index (χ4v) is 3.01. The molecule has 0 saturated heterocycles. The molecule has 1 atom stereocenters. The quantitative estimate of drug-likeness (QED) is 0.837. The molecule has 0 spiro atoms. The molecule has 0 aliphatic carbocycles. The first-order valence-corrected chi connectivity index (χ1v) is 7.20. The molecule has 2 heterocycles. The number of aromatic amines is 1. The van der Waals surface area contributed by atoms with Crippen molar-refractivity contribution in [1.82, 2.24) is 19.3 Å². The molecule has 2 rings (SSSR count). The Morgan fingerprint density at radius 3 is 2.61 bits per heavy atom. The highest BCUT2D eigenvalue weighted by Gasteiger charge is 2.18. The van der Waals surface area contributed by atoms with E-state index in [0.717, 1.165) is 40.9 Å². The summed E-state index contributed by atoms with van der Waals surface area (Å²) in [6.45, 7) is 6.56. The summed E-state index contributed by atoms with van der Waals surface area (Å²) in [5.41, 5.74) is 3.35. The molecule has 2 aromatic heterocycles. The van der Waals surface area contributed by atoms with Gasteiger partial charge in [-0.1, -0.05) is 27.2 Å². The van der Waals surface area contributed by atoms with Crippen molar-refractivity contribution in [3.63, 3.8) is 0 Å². The SMILES string of the molecule is CCCC(CC)n1c(=S)[nH]c2c(CC)nn(C)c21. The minimum atomic E-state index is 0.469. The average Bonchev–Trinajstić information content (AvgIpc) is 2.84. The minimum absolute atomic E-state index is 0.469. The molecule has 0 radical (unpaired) electrons. The second-order valence-electron chi connectivity index (χ2n) is 4.77. The number of aromatic nitrogens is 4. The Labute approximate surface area is 113 Å². The molecule has 0 bridgehead atoms. The van der Waals surface area contributed by atoms with Crippen LogP contribution in [0.15, 0.2) is 0 Å². The van der Waals surface area contributed by atoms with E-state index in [1.54, 1.807) is 0 Å². The Hall–Kier alpha value is -1.10. The Morgan fingerprint density at radius 1 is 1.33 bits per heavy atom. The third-order valence-electron chi connectivity index (χ3n) is 3.56. The van der Waals surface area contributed by atoms with Gasteiger partial charge in [-0.3, -0.25) is 9.25 Å². The average molecular weight is 266 g/mol. The van der Waals surface area contributed by atoms with Gasteiger partial charge in [0, 0.05) is 13.1 Å².